The number of carbonyl (C=O) groups is 2. The van der Waals surface area contributed by atoms with Crippen LogP contribution in [0.5, 0.6) is 5.88 Å². The van der Waals surface area contributed by atoms with Gasteiger partial charge in [-0.2, -0.15) is 9.78 Å². The lowest BCUT2D eigenvalue weighted by Gasteiger charge is -2.11. The molecule has 0 aliphatic carbocycles. The van der Waals surface area contributed by atoms with Gasteiger partial charge >= 0.3 is 5.97 Å². The third-order valence-electron chi connectivity index (χ3n) is 5.93. The van der Waals surface area contributed by atoms with E-state index in [1.54, 1.807) is 10.7 Å². The number of hydrogen-bond donors (Lipinski definition) is 1. The molecule has 0 atom stereocenters. The number of hydrogen-bond acceptors (Lipinski definition) is 5. The van der Waals surface area contributed by atoms with Crippen LogP contribution in [0, 0.1) is 13.8 Å². The van der Waals surface area contributed by atoms with E-state index < -0.39 is 5.97 Å². The largest absolute Gasteiger partial charge is 0.407 e. The highest BCUT2D eigenvalue weighted by Gasteiger charge is 2.25. The number of aryl methyl sites for hydroxylation is 2. The first kappa shape index (κ1) is 24.2. The molecule has 2 aromatic heterocycles. The minimum absolute atomic E-state index is 0.156. The average Bonchev–Trinajstić information content (AvgIpc) is 3.54. The Labute approximate surface area is 219 Å². The predicted octanol–water partition coefficient (Wildman–Crippen LogP) is 7.06. The summed E-state index contributed by atoms with van der Waals surface area (Å²) < 4.78 is 7.49. The molecule has 0 bridgehead atoms. The minimum Gasteiger partial charge on any atom is -0.407 e. The van der Waals surface area contributed by atoms with Gasteiger partial charge in [0.15, 0.2) is 0 Å². The van der Waals surface area contributed by atoms with Gasteiger partial charge in [0.25, 0.3) is 5.91 Å². The van der Waals surface area contributed by atoms with Gasteiger partial charge in [0, 0.05) is 18.2 Å². The molecule has 0 saturated heterocycles. The number of para-hydroxylation sites is 1. The van der Waals surface area contributed by atoms with Crippen LogP contribution in [-0.2, 0) is 4.79 Å². The van der Waals surface area contributed by atoms with Gasteiger partial charge in [0.05, 0.1) is 16.1 Å². The van der Waals surface area contributed by atoms with Crippen molar-refractivity contribution in [3.05, 3.63) is 106 Å². The van der Waals surface area contributed by atoms with E-state index in [0.29, 0.717) is 27.7 Å². The fraction of sp³-hybridized carbons (Fsp3) is 0.100. The number of anilines is 1. The first-order chi connectivity index (χ1) is 17.9. The van der Waals surface area contributed by atoms with E-state index in [0.717, 1.165) is 27.9 Å². The van der Waals surface area contributed by atoms with Gasteiger partial charge in [-0.25, -0.2) is 0 Å². The monoisotopic (exact) mass is 507 g/mol. The van der Waals surface area contributed by atoms with Crippen LogP contribution >= 0.6 is 11.3 Å². The fourth-order valence-corrected chi connectivity index (χ4v) is 4.71. The topological polar surface area (TPSA) is 73.2 Å². The van der Waals surface area contributed by atoms with E-state index in [9.17, 15) is 9.59 Å². The van der Waals surface area contributed by atoms with Crippen molar-refractivity contribution >= 4 is 28.9 Å². The maximum Gasteiger partial charge on any atom is 0.309 e. The van der Waals surface area contributed by atoms with E-state index in [4.69, 9.17) is 9.84 Å². The second-order valence-electron chi connectivity index (χ2n) is 8.70. The fourth-order valence-electron chi connectivity index (χ4n) is 4.09. The lowest BCUT2D eigenvalue weighted by Crippen LogP contribution is -2.10. The van der Waals surface area contributed by atoms with Gasteiger partial charge in [-0.05, 0) is 54.6 Å². The Morgan fingerprint density at radius 3 is 2.22 bits per heavy atom. The summed E-state index contributed by atoms with van der Waals surface area (Å²) in [7, 11) is 0. The van der Waals surface area contributed by atoms with Crippen molar-refractivity contribution < 1.29 is 14.3 Å². The molecule has 0 radical (unpaired) electrons. The molecule has 6 nitrogen and oxygen atoms in total. The predicted molar refractivity (Wildman–Crippen MR) is 147 cm³/mol. The van der Waals surface area contributed by atoms with Gasteiger partial charge in [0.1, 0.15) is 5.69 Å². The molecule has 5 aromatic rings. The van der Waals surface area contributed by atoms with Crippen LogP contribution in [0.2, 0.25) is 0 Å². The number of ether oxygens (including phenoxy) is 1. The van der Waals surface area contributed by atoms with Crippen LogP contribution in [0.15, 0.2) is 90.3 Å². The number of rotatable bonds is 6. The molecule has 0 fully saturated rings. The highest BCUT2D eigenvalue weighted by atomic mass is 32.1. The number of nitrogens with zero attached hydrogens (tertiary/aromatic N) is 2. The van der Waals surface area contributed by atoms with Crippen molar-refractivity contribution in [1.82, 2.24) is 9.78 Å². The highest BCUT2D eigenvalue weighted by molar-refractivity contribution is 7.12. The number of aromatic nitrogens is 2. The molecule has 2 heterocycles. The molecular formula is C30H25N3O3S. The summed E-state index contributed by atoms with van der Waals surface area (Å²) in [5, 5.41) is 9.74. The zero-order chi connectivity index (χ0) is 25.9. The van der Waals surface area contributed by atoms with E-state index in [1.165, 1.54) is 18.3 Å². The second kappa shape index (κ2) is 10.2. The molecule has 37 heavy (non-hydrogen) atoms. The Morgan fingerprint density at radius 1 is 0.865 bits per heavy atom. The molecule has 1 amide bonds. The summed E-state index contributed by atoms with van der Waals surface area (Å²) >= 11 is 1.39. The maximum absolute atomic E-state index is 12.5. The molecule has 184 valence electrons. The second-order valence-corrected chi connectivity index (χ2v) is 9.64. The summed E-state index contributed by atoms with van der Waals surface area (Å²) in [6, 6.07) is 27.0. The lowest BCUT2D eigenvalue weighted by atomic mass is 10.00. The van der Waals surface area contributed by atoms with Crippen LogP contribution < -0.4 is 10.1 Å². The highest BCUT2D eigenvalue weighted by Crippen LogP contribution is 2.41. The Kier molecular flexibility index (Phi) is 6.70. The molecule has 3 aromatic carbocycles. The van der Waals surface area contributed by atoms with Gasteiger partial charge < -0.3 is 10.1 Å². The molecule has 0 aliphatic rings. The number of esters is 1. The van der Waals surface area contributed by atoms with Gasteiger partial charge in [-0.3, -0.25) is 9.59 Å². The third-order valence-corrected chi connectivity index (χ3v) is 6.80. The molecule has 0 aliphatic heterocycles. The molecule has 7 heteroatoms. The maximum atomic E-state index is 12.5. The molecule has 0 saturated carbocycles. The molecule has 0 spiro atoms. The zero-order valence-corrected chi connectivity index (χ0v) is 21.5. The van der Waals surface area contributed by atoms with Crippen LogP contribution in [0.1, 0.15) is 27.7 Å². The van der Waals surface area contributed by atoms with Crippen molar-refractivity contribution in [3.8, 4) is 34.0 Å². The normalized spacial score (nSPS) is 10.8. The summed E-state index contributed by atoms with van der Waals surface area (Å²) in [6.45, 7) is 5.41. The Balaban J connectivity index is 1.65. The summed E-state index contributed by atoms with van der Waals surface area (Å²) in [5.74, 6) is -0.255. The van der Waals surface area contributed by atoms with Crippen LogP contribution in [0.25, 0.3) is 28.1 Å². The Hall–Kier alpha value is -4.49. The molecule has 1 N–H and O–H groups in total. The van der Waals surface area contributed by atoms with E-state index in [2.05, 4.69) is 5.32 Å². The van der Waals surface area contributed by atoms with Crippen LogP contribution in [0.3, 0.4) is 0 Å². The van der Waals surface area contributed by atoms with Crippen molar-refractivity contribution in [2.45, 2.75) is 20.8 Å². The SMILES string of the molecule is CC(=O)Oc1c(-c2ccc(NC(=O)c3cccs3)cc2)c(-c2ccc(C)cc2)nn1-c1ccccc1C. The first-order valence-electron chi connectivity index (χ1n) is 11.8. The van der Waals surface area contributed by atoms with Crippen molar-refractivity contribution in [1.29, 1.82) is 0 Å². The van der Waals surface area contributed by atoms with E-state index >= 15 is 0 Å². The summed E-state index contributed by atoms with van der Waals surface area (Å²) in [5.41, 5.74) is 6.70. The quantitative estimate of drug-likeness (QED) is 0.250. The average molecular weight is 508 g/mol. The Morgan fingerprint density at radius 2 is 1.57 bits per heavy atom. The third kappa shape index (κ3) is 5.08. The van der Waals surface area contributed by atoms with Gasteiger partial charge in [-0.15, -0.1) is 11.3 Å². The Bertz CT molecular complexity index is 1570. The first-order valence-corrected chi connectivity index (χ1v) is 12.7. The molecular weight excluding hydrogens is 482 g/mol. The molecule has 5 rings (SSSR count). The van der Waals surface area contributed by atoms with Crippen LogP contribution in [0.4, 0.5) is 5.69 Å². The summed E-state index contributed by atoms with van der Waals surface area (Å²) in [4.78, 5) is 25.4. The van der Waals surface area contributed by atoms with E-state index in [-0.39, 0.29) is 5.91 Å². The van der Waals surface area contributed by atoms with Gasteiger partial charge in [0.2, 0.25) is 5.88 Å². The van der Waals surface area contributed by atoms with Crippen molar-refractivity contribution in [3.63, 3.8) is 0 Å². The molecule has 0 unspecified atom stereocenters. The van der Waals surface area contributed by atoms with Crippen molar-refractivity contribution in [2.24, 2.45) is 0 Å². The number of benzene rings is 3. The van der Waals surface area contributed by atoms with Gasteiger partial charge in [-0.1, -0.05) is 66.2 Å². The lowest BCUT2D eigenvalue weighted by molar-refractivity contribution is -0.132. The zero-order valence-electron chi connectivity index (χ0n) is 20.7. The number of carbonyl (C=O) groups excluding carboxylic acids is 2. The number of thiophene rings is 1. The standard InChI is InChI=1S/C30H25N3O3S/c1-19-10-12-23(13-11-19)28-27(22-14-16-24(17-15-22)31-29(35)26-9-6-18-37-26)30(36-21(3)34)33(32-28)25-8-5-4-7-20(25)2/h4-18H,1-3H3,(H,31,35). The number of amides is 1. The van der Waals surface area contributed by atoms with E-state index in [1.807, 2.05) is 98.1 Å². The summed E-state index contributed by atoms with van der Waals surface area (Å²) in [6.07, 6.45) is 0. The number of nitrogens with one attached hydrogen (secondary N) is 1. The minimum atomic E-state index is -0.439. The van der Waals surface area contributed by atoms with Crippen LogP contribution in [-0.4, -0.2) is 21.7 Å². The smallest absolute Gasteiger partial charge is 0.309 e. The van der Waals surface area contributed by atoms with Crippen molar-refractivity contribution in [2.75, 3.05) is 5.32 Å².